The van der Waals surface area contributed by atoms with Crippen molar-refractivity contribution in [1.82, 2.24) is 15.5 Å². The predicted octanol–water partition coefficient (Wildman–Crippen LogP) is 1.15. The van der Waals surface area contributed by atoms with Crippen molar-refractivity contribution in [2.75, 3.05) is 38.2 Å². The monoisotopic (exact) mass is 260 g/mol. The Labute approximate surface area is 111 Å². The minimum atomic E-state index is 0.561. The largest absolute Gasteiger partial charge is 0.496 e. The number of rotatable bonds is 3. The zero-order valence-corrected chi connectivity index (χ0v) is 10.8. The van der Waals surface area contributed by atoms with Crippen LogP contribution < -0.4 is 15.0 Å². The Morgan fingerprint density at radius 3 is 2.84 bits per heavy atom. The fourth-order valence-corrected chi connectivity index (χ4v) is 2.14. The summed E-state index contributed by atoms with van der Waals surface area (Å²) in [5, 5.41) is 7.33. The standard InChI is InChI=1S/C13H16N4O2/c1-18-11-5-3-2-4-10(11)12-15-13(19-16-12)17-8-6-14-7-9-17/h2-5,14H,6-9H2,1H3. The number of hydrogen-bond donors (Lipinski definition) is 1. The highest BCUT2D eigenvalue weighted by molar-refractivity contribution is 5.64. The van der Waals surface area contributed by atoms with E-state index in [1.807, 2.05) is 24.3 Å². The molecule has 2 heterocycles. The molecular weight excluding hydrogens is 244 g/mol. The van der Waals surface area contributed by atoms with E-state index in [9.17, 15) is 0 Å². The molecule has 6 nitrogen and oxygen atoms in total. The van der Waals surface area contributed by atoms with Gasteiger partial charge in [-0.3, -0.25) is 0 Å². The molecule has 0 spiro atoms. The molecule has 0 saturated carbocycles. The van der Waals surface area contributed by atoms with Gasteiger partial charge in [-0.2, -0.15) is 4.98 Å². The highest BCUT2D eigenvalue weighted by Gasteiger charge is 2.18. The van der Waals surface area contributed by atoms with Gasteiger partial charge in [0.2, 0.25) is 5.82 Å². The van der Waals surface area contributed by atoms with Gasteiger partial charge in [0.1, 0.15) is 5.75 Å². The lowest BCUT2D eigenvalue weighted by molar-refractivity contribution is 0.403. The third-order valence-electron chi connectivity index (χ3n) is 3.15. The maximum Gasteiger partial charge on any atom is 0.324 e. The van der Waals surface area contributed by atoms with E-state index in [-0.39, 0.29) is 0 Å². The van der Waals surface area contributed by atoms with E-state index < -0.39 is 0 Å². The number of hydrogen-bond acceptors (Lipinski definition) is 6. The molecule has 1 aliphatic rings. The molecule has 1 saturated heterocycles. The van der Waals surface area contributed by atoms with Gasteiger partial charge in [0, 0.05) is 26.2 Å². The van der Waals surface area contributed by atoms with Crippen LogP contribution in [0.3, 0.4) is 0 Å². The second-order valence-electron chi connectivity index (χ2n) is 4.34. The van der Waals surface area contributed by atoms with Crippen LogP contribution in [0, 0.1) is 0 Å². The number of methoxy groups -OCH3 is 1. The highest BCUT2D eigenvalue weighted by Crippen LogP contribution is 2.28. The molecule has 0 amide bonds. The Hall–Kier alpha value is -2.08. The molecule has 0 atom stereocenters. The Morgan fingerprint density at radius 2 is 2.05 bits per heavy atom. The summed E-state index contributed by atoms with van der Waals surface area (Å²) in [7, 11) is 1.64. The van der Waals surface area contributed by atoms with Crippen molar-refractivity contribution in [2.45, 2.75) is 0 Å². The van der Waals surface area contributed by atoms with E-state index in [1.54, 1.807) is 7.11 Å². The zero-order chi connectivity index (χ0) is 13.1. The number of nitrogens with zero attached hydrogens (tertiary/aromatic N) is 3. The topological polar surface area (TPSA) is 63.4 Å². The third-order valence-corrected chi connectivity index (χ3v) is 3.15. The summed E-state index contributed by atoms with van der Waals surface area (Å²) in [6, 6.07) is 8.22. The summed E-state index contributed by atoms with van der Waals surface area (Å²) >= 11 is 0. The van der Waals surface area contributed by atoms with Crippen LogP contribution in [-0.2, 0) is 0 Å². The molecule has 1 aromatic carbocycles. The Balaban J connectivity index is 1.88. The number of ether oxygens (including phenoxy) is 1. The van der Waals surface area contributed by atoms with E-state index in [4.69, 9.17) is 9.26 Å². The number of para-hydroxylation sites is 1. The van der Waals surface area contributed by atoms with Crippen LogP contribution >= 0.6 is 0 Å². The molecule has 1 aliphatic heterocycles. The van der Waals surface area contributed by atoms with Crippen LogP contribution in [0.1, 0.15) is 0 Å². The molecule has 6 heteroatoms. The van der Waals surface area contributed by atoms with Crippen molar-refractivity contribution < 1.29 is 9.26 Å². The van der Waals surface area contributed by atoms with E-state index in [1.165, 1.54) is 0 Å². The van der Waals surface area contributed by atoms with Crippen molar-refractivity contribution in [3.8, 4) is 17.1 Å². The first-order valence-corrected chi connectivity index (χ1v) is 6.31. The van der Waals surface area contributed by atoms with Crippen LogP contribution in [0.4, 0.5) is 6.01 Å². The first-order valence-electron chi connectivity index (χ1n) is 6.31. The number of piperazine rings is 1. The quantitative estimate of drug-likeness (QED) is 0.893. The molecule has 0 radical (unpaired) electrons. The van der Waals surface area contributed by atoms with Crippen LogP contribution in [0.25, 0.3) is 11.4 Å². The summed E-state index contributed by atoms with van der Waals surface area (Å²) in [5.41, 5.74) is 0.843. The molecule has 0 bridgehead atoms. The van der Waals surface area contributed by atoms with Gasteiger partial charge < -0.3 is 19.5 Å². The summed E-state index contributed by atoms with van der Waals surface area (Å²) in [5.74, 6) is 1.31. The number of benzene rings is 1. The van der Waals surface area contributed by atoms with E-state index in [0.717, 1.165) is 37.5 Å². The molecule has 1 aromatic heterocycles. The molecule has 19 heavy (non-hydrogen) atoms. The average molecular weight is 260 g/mol. The lowest BCUT2D eigenvalue weighted by Crippen LogP contribution is -2.43. The number of aromatic nitrogens is 2. The minimum absolute atomic E-state index is 0.561. The van der Waals surface area contributed by atoms with Crippen molar-refractivity contribution in [1.29, 1.82) is 0 Å². The van der Waals surface area contributed by atoms with Gasteiger partial charge in [-0.1, -0.05) is 17.3 Å². The molecular formula is C13H16N4O2. The summed E-state index contributed by atoms with van der Waals surface area (Å²) < 4.78 is 10.6. The molecule has 3 rings (SSSR count). The second-order valence-corrected chi connectivity index (χ2v) is 4.34. The van der Waals surface area contributed by atoms with Gasteiger partial charge in [-0.15, -0.1) is 0 Å². The molecule has 0 aliphatic carbocycles. The minimum Gasteiger partial charge on any atom is -0.496 e. The van der Waals surface area contributed by atoms with Crippen molar-refractivity contribution in [3.05, 3.63) is 24.3 Å². The fraction of sp³-hybridized carbons (Fsp3) is 0.385. The van der Waals surface area contributed by atoms with E-state index in [0.29, 0.717) is 11.8 Å². The van der Waals surface area contributed by atoms with Crippen molar-refractivity contribution in [3.63, 3.8) is 0 Å². The van der Waals surface area contributed by atoms with Gasteiger partial charge in [0.05, 0.1) is 12.7 Å². The zero-order valence-electron chi connectivity index (χ0n) is 10.8. The lowest BCUT2D eigenvalue weighted by Gasteiger charge is -2.24. The van der Waals surface area contributed by atoms with E-state index >= 15 is 0 Å². The highest BCUT2D eigenvalue weighted by atomic mass is 16.5. The molecule has 1 N–H and O–H groups in total. The average Bonchev–Trinajstić information content (AvgIpc) is 2.98. The summed E-state index contributed by atoms with van der Waals surface area (Å²) in [6.45, 7) is 3.64. The molecule has 1 fully saturated rings. The SMILES string of the molecule is COc1ccccc1-c1noc(N2CCNCC2)n1. The Kier molecular flexibility index (Phi) is 3.33. The van der Waals surface area contributed by atoms with Gasteiger partial charge >= 0.3 is 6.01 Å². The Morgan fingerprint density at radius 1 is 1.26 bits per heavy atom. The van der Waals surface area contributed by atoms with Crippen LogP contribution in [0.2, 0.25) is 0 Å². The van der Waals surface area contributed by atoms with Gasteiger partial charge in [0.25, 0.3) is 0 Å². The fourth-order valence-electron chi connectivity index (χ4n) is 2.14. The first-order chi connectivity index (χ1) is 9.38. The van der Waals surface area contributed by atoms with Crippen molar-refractivity contribution >= 4 is 6.01 Å². The molecule has 2 aromatic rings. The maximum absolute atomic E-state index is 5.34. The van der Waals surface area contributed by atoms with Crippen molar-refractivity contribution in [2.24, 2.45) is 0 Å². The maximum atomic E-state index is 5.34. The second kappa shape index (κ2) is 5.27. The third kappa shape index (κ3) is 2.39. The van der Waals surface area contributed by atoms with Crippen LogP contribution in [0.5, 0.6) is 5.75 Å². The molecule has 100 valence electrons. The summed E-state index contributed by atoms with van der Waals surface area (Å²) in [4.78, 5) is 6.54. The van der Waals surface area contributed by atoms with Gasteiger partial charge in [0.15, 0.2) is 0 Å². The van der Waals surface area contributed by atoms with Gasteiger partial charge in [-0.05, 0) is 12.1 Å². The summed E-state index contributed by atoms with van der Waals surface area (Å²) in [6.07, 6.45) is 0. The number of nitrogens with one attached hydrogen (secondary N) is 1. The predicted molar refractivity (Wildman–Crippen MR) is 71.4 cm³/mol. The molecule has 0 unspecified atom stereocenters. The lowest BCUT2D eigenvalue weighted by atomic mass is 10.2. The van der Waals surface area contributed by atoms with Crippen LogP contribution in [-0.4, -0.2) is 43.4 Å². The first kappa shape index (κ1) is 12.0. The normalized spacial score (nSPS) is 15.5. The van der Waals surface area contributed by atoms with Crippen LogP contribution in [0.15, 0.2) is 28.8 Å². The number of anilines is 1. The smallest absolute Gasteiger partial charge is 0.324 e. The van der Waals surface area contributed by atoms with E-state index in [2.05, 4.69) is 20.4 Å². The van der Waals surface area contributed by atoms with Gasteiger partial charge in [-0.25, -0.2) is 0 Å². The Bertz CT molecular complexity index is 549.